The molecule has 2 aromatic rings. The molecule has 0 unspecified atom stereocenters. The first-order chi connectivity index (χ1) is 9.81. The zero-order chi connectivity index (χ0) is 15.6. The topological polar surface area (TPSA) is 83.5 Å². The van der Waals surface area contributed by atoms with Gasteiger partial charge in [-0.05, 0) is 37.1 Å². The van der Waals surface area contributed by atoms with Crippen molar-refractivity contribution < 1.29 is 18.3 Å². The summed E-state index contributed by atoms with van der Waals surface area (Å²) in [6.45, 7) is 3.67. The number of aromatic carboxylic acids is 1. The highest BCUT2D eigenvalue weighted by Gasteiger charge is 2.22. The number of carboxylic acid groups (broad SMARTS) is 1. The molecule has 21 heavy (non-hydrogen) atoms. The van der Waals surface area contributed by atoms with E-state index in [4.69, 9.17) is 5.11 Å². The number of rotatable bonds is 5. The molecule has 0 fully saturated rings. The van der Waals surface area contributed by atoms with Crippen LogP contribution in [0.1, 0.15) is 33.8 Å². The molecule has 7 heteroatoms. The number of carboxylic acids is 1. The summed E-state index contributed by atoms with van der Waals surface area (Å²) in [7, 11) is -3.73. The normalized spacial score (nSPS) is 13.0. The van der Waals surface area contributed by atoms with Gasteiger partial charge < -0.3 is 5.11 Å². The van der Waals surface area contributed by atoms with E-state index in [1.165, 1.54) is 12.1 Å². The summed E-state index contributed by atoms with van der Waals surface area (Å²) in [6.07, 6.45) is 0. The van der Waals surface area contributed by atoms with Gasteiger partial charge in [0.2, 0.25) is 0 Å². The van der Waals surface area contributed by atoms with E-state index in [0.29, 0.717) is 0 Å². The van der Waals surface area contributed by atoms with Crippen LogP contribution >= 0.6 is 11.3 Å². The molecule has 5 nitrogen and oxygen atoms in total. The summed E-state index contributed by atoms with van der Waals surface area (Å²) < 4.78 is 27.1. The Morgan fingerprint density at radius 3 is 2.48 bits per heavy atom. The molecule has 112 valence electrons. The van der Waals surface area contributed by atoms with Crippen molar-refractivity contribution in [2.45, 2.75) is 24.1 Å². The van der Waals surface area contributed by atoms with Crippen LogP contribution in [-0.4, -0.2) is 19.5 Å². The summed E-state index contributed by atoms with van der Waals surface area (Å²) in [4.78, 5) is 10.8. The Labute approximate surface area is 127 Å². The van der Waals surface area contributed by atoms with Gasteiger partial charge in [-0.2, -0.15) is 0 Å². The average molecular weight is 325 g/mol. The van der Waals surface area contributed by atoms with Crippen molar-refractivity contribution in [3.05, 3.63) is 52.4 Å². The van der Waals surface area contributed by atoms with Gasteiger partial charge in [0.1, 0.15) is 9.09 Å². The Hall–Kier alpha value is -1.70. The summed E-state index contributed by atoms with van der Waals surface area (Å²) in [5.41, 5.74) is 1.88. The maximum atomic E-state index is 12.3. The molecule has 0 aliphatic carbocycles. The minimum Gasteiger partial charge on any atom is -0.477 e. The van der Waals surface area contributed by atoms with Gasteiger partial charge >= 0.3 is 5.97 Å². The molecule has 1 aromatic carbocycles. The third-order valence-corrected chi connectivity index (χ3v) is 6.15. The number of carbonyl (C=O) groups is 1. The van der Waals surface area contributed by atoms with Crippen molar-refractivity contribution in [2.75, 3.05) is 0 Å². The van der Waals surface area contributed by atoms with Crippen molar-refractivity contribution in [1.29, 1.82) is 0 Å². The van der Waals surface area contributed by atoms with Gasteiger partial charge in [-0.25, -0.2) is 17.9 Å². The molecule has 0 radical (unpaired) electrons. The van der Waals surface area contributed by atoms with Crippen molar-refractivity contribution in [3.8, 4) is 0 Å². The van der Waals surface area contributed by atoms with Gasteiger partial charge in [-0.15, -0.1) is 11.3 Å². The molecular weight excluding hydrogens is 310 g/mol. The lowest BCUT2D eigenvalue weighted by Gasteiger charge is -2.15. The molecule has 0 amide bonds. The quantitative estimate of drug-likeness (QED) is 0.885. The van der Waals surface area contributed by atoms with Crippen LogP contribution < -0.4 is 4.72 Å². The number of benzene rings is 1. The molecule has 2 rings (SSSR count). The fourth-order valence-corrected chi connectivity index (χ4v) is 4.39. The Bertz CT molecular complexity index is 765. The van der Waals surface area contributed by atoms with Gasteiger partial charge in [0.25, 0.3) is 10.0 Å². The molecule has 0 aliphatic rings. The molecule has 0 spiro atoms. The maximum absolute atomic E-state index is 12.3. The molecule has 0 saturated heterocycles. The Morgan fingerprint density at radius 1 is 1.24 bits per heavy atom. The van der Waals surface area contributed by atoms with Crippen LogP contribution in [-0.2, 0) is 10.0 Å². The van der Waals surface area contributed by atoms with Crippen LogP contribution in [0.2, 0.25) is 0 Å². The number of sulfonamides is 1. The maximum Gasteiger partial charge on any atom is 0.345 e. The highest BCUT2D eigenvalue weighted by molar-refractivity contribution is 7.91. The SMILES string of the molecule is Cc1ccccc1[C@H](C)NS(=O)(=O)c1ccc(C(=O)O)s1. The van der Waals surface area contributed by atoms with Crippen LogP contribution in [0.15, 0.2) is 40.6 Å². The van der Waals surface area contributed by atoms with Gasteiger partial charge in [-0.3, -0.25) is 0 Å². The largest absolute Gasteiger partial charge is 0.477 e. The zero-order valence-corrected chi connectivity index (χ0v) is 13.2. The second-order valence-electron chi connectivity index (χ2n) is 4.62. The molecule has 0 saturated carbocycles. The average Bonchev–Trinajstić information content (AvgIpc) is 2.89. The lowest BCUT2D eigenvalue weighted by molar-refractivity contribution is 0.0702. The van der Waals surface area contributed by atoms with Gasteiger partial charge in [0.05, 0.1) is 0 Å². The van der Waals surface area contributed by atoms with Crippen molar-refractivity contribution in [1.82, 2.24) is 4.72 Å². The highest BCUT2D eigenvalue weighted by atomic mass is 32.2. The molecule has 0 aliphatic heterocycles. The summed E-state index contributed by atoms with van der Waals surface area (Å²) in [5, 5.41) is 8.86. The van der Waals surface area contributed by atoms with E-state index in [1.54, 1.807) is 6.92 Å². The molecule has 0 bridgehead atoms. The predicted molar refractivity (Wildman–Crippen MR) is 81.2 cm³/mol. The number of aryl methyl sites for hydroxylation is 1. The number of thiophene rings is 1. The smallest absolute Gasteiger partial charge is 0.345 e. The van der Waals surface area contributed by atoms with E-state index in [-0.39, 0.29) is 9.09 Å². The van der Waals surface area contributed by atoms with E-state index >= 15 is 0 Å². The summed E-state index contributed by atoms with van der Waals surface area (Å²) in [5.74, 6) is -1.13. The molecule has 2 N–H and O–H groups in total. The van der Waals surface area contributed by atoms with E-state index in [2.05, 4.69) is 4.72 Å². The fraction of sp³-hybridized carbons (Fsp3) is 0.214. The van der Waals surface area contributed by atoms with Gasteiger partial charge in [0.15, 0.2) is 0 Å². The van der Waals surface area contributed by atoms with Crippen LogP contribution in [0.25, 0.3) is 0 Å². The Morgan fingerprint density at radius 2 is 1.90 bits per heavy atom. The second kappa shape index (κ2) is 5.97. The molecular formula is C14H15NO4S2. The Kier molecular flexibility index (Phi) is 4.46. The first kappa shape index (κ1) is 15.7. The zero-order valence-electron chi connectivity index (χ0n) is 11.5. The molecule has 1 heterocycles. The fourth-order valence-electron chi connectivity index (χ4n) is 2.01. The molecule has 1 aromatic heterocycles. The molecule has 1 atom stereocenters. The van der Waals surface area contributed by atoms with Crippen molar-refractivity contribution in [2.24, 2.45) is 0 Å². The van der Waals surface area contributed by atoms with Crippen LogP contribution in [0, 0.1) is 6.92 Å². The number of hydrogen-bond donors (Lipinski definition) is 2. The third-order valence-electron chi connectivity index (χ3n) is 3.04. The summed E-state index contributed by atoms with van der Waals surface area (Å²) >= 11 is 0.739. The third kappa shape index (κ3) is 3.49. The van der Waals surface area contributed by atoms with E-state index < -0.39 is 22.0 Å². The van der Waals surface area contributed by atoms with Crippen molar-refractivity contribution in [3.63, 3.8) is 0 Å². The predicted octanol–water partition coefficient (Wildman–Crippen LogP) is 2.79. The lowest BCUT2D eigenvalue weighted by atomic mass is 10.0. The summed E-state index contributed by atoms with van der Waals surface area (Å²) in [6, 6.07) is 9.71. The highest BCUT2D eigenvalue weighted by Crippen LogP contribution is 2.24. The van der Waals surface area contributed by atoms with Crippen LogP contribution in [0.4, 0.5) is 0 Å². The van der Waals surface area contributed by atoms with Crippen LogP contribution in [0.3, 0.4) is 0 Å². The van der Waals surface area contributed by atoms with Crippen molar-refractivity contribution >= 4 is 27.3 Å². The first-order valence-corrected chi connectivity index (χ1v) is 8.52. The van der Waals surface area contributed by atoms with E-state index in [1.807, 2.05) is 31.2 Å². The number of nitrogens with one attached hydrogen (secondary N) is 1. The Balaban J connectivity index is 2.24. The first-order valence-electron chi connectivity index (χ1n) is 6.22. The van der Waals surface area contributed by atoms with Gasteiger partial charge in [-0.1, -0.05) is 24.3 Å². The van der Waals surface area contributed by atoms with E-state index in [0.717, 1.165) is 22.5 Å². The minimum absolute atomic E-state index is 0.000309. The van der Waals surface area contributed by atoms with Gasteiger partial charge in [0, 0.05) is 6.04 Å². The van der Waals surface area contributed by atoms with E-state index in [9.17, 15) is 13.2 Å². The monoisotopic (exact) mass is 325 g/mol. The second-order valence-corrected chi connectivity index (χ2v) is 7.65. The lowest BCUT2D eigenvalue weighted by Crippen LogP contribution is -2.26. The standard InChI is InChI=1S/C14H15NO4S2/c1-9-5-3-4-6-11(9)10(2)15-21(18,19)13-8-7-12(20-13)14(16)17/h3-8,10,15H,1-2H3,(H,16,17)/t10-/m0/s1. The number of hydrogen-bond acceptors (Lipinski definition) is 4. The van der Waals surface area contributed by atoms with Crippen LogP contribution in [0.5, 0.6) is 0 Å². The minimum atomic E-state index is -3.73.